The predicted molar refractivity (Wildman–Crippen MR) is 105 cm³/mol. The van der Waals surface area contributed by atoms with E-state index in [9.17, 15) is 30.0 Å². The summed E-state index contributed by atoms with van der Waals surface area (Å²) in [6, 6.07) is 12.3. The van der Waals surface area contributed by atoms with Crippen molar-refractivity contribution in [3.63, 3.8) is 0 Å². The predicted octanol–water partition coefficient (Wildman–Crippen LogP) is 0.437. The smallest absolute Gasteiger partial charge is 0.335 e. The number of carboxylic acid groups (broad SMARTS) is 1. The monoisotopic (exact) mass is 430 g/mol. The first-order valence-corrected chi connectivity index (χ1v) is 9.21. The van der Waals surface area contributed by atoms with E-state index in [1.807, 2.05) is 0 Å². The molecule has 1 aliphatic rings. The van der Waals surface area contributed by atoms with Gasteiger partial charge >= 0.3 is 5.97 Å². The number of carboxylic acids is 1. The van der Waals surface area contributed by atoms with Crippen LogP contribution in [0, 0.1) is 0 Å². The van der Waals surface area contributed by atoms with Crippen molar-refractivity contribution in [3.05, 3.63) is 58.8 Å². The van der Waals surface area contributed by atoms with Crippen LogP contribution in [0.2, 0.25) is 0 Å². The number of hydrogen-bond donors (Lipinski definition) is 5. The first-order chi connectivity index (χ1) is 14.8. The Labute approximate surface area is 174 Å². The first kappa shape index (κ1) is 20.8. The Balaban J connectivity index is 1.71. The number of hydrogen-bond acceptors (Lipinski definition) is 9. The largest absolute Gasteiger partial charge is 0.507 e. The van der Waals surface area contributed by atoms with Crippen LogP contribution in [0.1, 0.15) is 0 Å². The number of aliphatic carboxylic acids is 1. The lowest BCUT2D eigenvalue weighted by molar-refractivity contribution is -0.271. The molecular weight excluding hydrogens is 412 g/mol. The number of phenols is 1. The minimum absolute atomic E-state index is 0.0259. The van der Waals surface area contributed by atoms with E-state index in [1.54, 1.807) is 30.3 Å². The molecule has 31 heavy (non-hydrogen) atoms. The molecule has 0 amide bonds. The van der Waals surface area contributed by atoms with Crippen LogP contribution in [0.3, 0.4) is 0 Å². The van der Waals surface area contributed by atoms with Crippen molar-refractivity contribution >= 4 is 16.9 Å². The number of ether oxygens (including phenoxy) is 2. The summed E-state index contributed by atoms with van der Waals surface area (Å²) in [6.07, 6.45) is -9.04. The number of aliphatic hydroxyl groups is 3. The van der Waals surface area contributed by atoms with Gasteiger partial charge in [0.2, 0.25) is 6.29 Å². The Morgan fingerprint density at radius 3 is 2.35 bits per heavy atom. The van der Waals surface area contributed by atoms with Gasteiger partial charge in [-0.25, -0.2) is 4.79 Å². The molecule has 1 aliphatic heterocycles. The zero-order chi connectivity index (χ0) is 22.3. The molecule has 10 nitrogen and oxygen atoms in total. The van der Waals surface area contributed by atoms with Gasteiger partial charge in [0.1, 0.15) is 46.5 Å². The Bertz CT molecular complexity index is 1170. The van der Waals surface area contributed by atoms with Crippen molar-refractivity contribution in [2.75, 3.05) is 0 Å². The summed E-state index contributed by atoms with van der Waals surface area (Å²) in [5.74, 6) is -1.92. The molecule has 0 bridgehead atoms. The van der Waals surface area contributed by atoms with Crippen molar-refractivity contribution < 1.29 is 44.2 Å². The fourth-order valence-electron chi connectivity index (χ4n) is 3.34. The van der Waals surface area contributed by atoms with E-state index >= 15 is 0 Å². The van der Waals surface area contributed by atoms with Crippen LogP contribution in [0.4, 0.5) is 0 Å². The first-order valence-electron chi connectivity index (χ1n) is 9.21. The van der Waals surface area contributed by atoms with E-state index in [0.29, 0.717) is 5.56 Å². The Morgan fingerprint density at radius 2 is 1.68 bits per heavy atom. The van der Waals surface area contributed by atoms with Crippen LogP contribution in [0.25, 0.3) is 22.3 Å². The highest BCUT2D eigenvalue weighted by atomic mass is 16.7. The molecule has 0 radical (unpaired) electrons. The summed E-state index contributed by atoms with van der Waals surface area (Å²) in [5, 5.41) is 49.1. The lowest BCUT2D eigenvalue weighted by atomic mass is 9.99. The van der Waals surface area contributed by atoms with Gasteiger partial charge in [0.25, 0.3) is 0 Å². The average Bonchev–Trinajstić information content (AvgIpc) is 2.74. The second-order valence-corrected chi connectivity index (χ2v) is 7.01. The third-order valence-electron chi connectivity index (χ3n) is 4.91. The number of carbonyl (C=O) groups is 1. The second-order valence-electron chi connectivity index (χ2n) is 7.01. The highest BCUT2D eigenvalue weighted by molar-refractivity contribution is 5.86. The van der Waals surface area contributed by atoms with Crippen LogP contribution in [-0.2, 0) is 9.53 Å². The maximum atomic E-state index is 12.5. The molecule has 1 aromatic heterocycles. The fourth-order valence-corrected chi connectivity index (χ4v) is 3.34. The molecule has 1 fully saturated rings. The zero-order valence-corrected chi connectivity index (χ0v) is 15.8. The van der Waals surface area contributed by atoms with Crippen molar-refractivity contribution in [1.29, 1.82) is 0 Å². The summed E-state index contributed by atoms with van der Waals surface area (Å²) in [5.41, 5.74) is 0.101. The summed E-state index contributed by atoms with van der Waals surface area (Å²) in [6.45, 7) is 0. The highest BCUT2D eigenvalue weighted by Crippen LogP contribution is 2.33. The molecule has 2 heterocycles. The molecule has 5 atom stereocenters. The summed E-state index contributed by atoms with van der Waals surface area (Å²) < 4.78 is 16.2. The fraction of sp³-hybridized carbons (Fsp3) is 0.238. The van der Waals surface area contributed by atoms with Gasteiger partial charge in [-0.2, -0.15) is 0 Å². The van der Waals surface area contributed by atoms with Gasteiger partial charge in [-0.3, -0.25) is 4.79 Å². The van der Waals surface area contributed by atoms with Gasteiger partial charge in [-0.05, 0) is 0 Å². The Morgan fingerprint density at radius 1 is 0.968 bits per heavy atom. The summed E-state index contributed by atoms with van der Waals surface area (Å²) >= 11 is 0. The third kappa shape index (κ3) is 3.84. The second kappa shape index (κ2) is 8.00. The molecular formula is C21H18O10. The maximum absolute atomic E-state index is 12.5. The number of rotatable bonds is 4. The molecule has 162 valence electrons. The van der Waals surface area contributed by atoms with Crippen LogP contribution in [-0.4, -0.2) is 62.2 Å². The molecule has 4 rings (SSSR count). The standard InChI is InChI=1S/C21H18O10/c22-11-6-10(29-21-18(26)16(24)17(25)19(31-21)20(27)28)7-14-15(11)12(23)8-13(30-14)9-4-2-1-3-5-9/h1-8,16-19,21-22,24-26H,(H,27,28)/t16-,17-,18-,19+,21-/m1/s1. The topological polar surface area (TPSA) is 167 Å². The van der Waals surface area contributed by atoms with Crippen LogP contribution in [0.15, 0.2) is 57.7 Å². The van der Waals surface area contributed by atoms with E-state index in [0.717, 1.165) is 6.07 Å². The van der Waals surface area contributed by atoms with Gasteiger partial charge in [-0.15, -0.1) is 0 Å². The molecule has 10 heteroatoms. The quantitative estimate of drug-likeness (QED) is 0.392. The maximum Gasteiger partial charge on any atom is 0.335 e. The van der Waals surface area contributed by atoms with Gasteiger partial charge in [0, 0.05) is 23.8 Å². The highest BCUT2D eigenvalue weighted by Gasteiger charge is 2.48. The van der Waals surface area contributed by atoms with E-state index < -0.39 is 47.9 Å². The summed E-state index contributed by atoms with van der Waals surface area (Å²) in [7, 11) is 0. The van der Waals surface area contributed by atoms with E-state index in [4.69, 9.17) is 19.0 Å². The van der Waals surface area contributed by atoms with E-state index in [2.05, 4.69) is 0 Å². The average molecular weight is 430 g/mol. The number of aliphatic hydroxyl groups excluding tert-OH is 3. The van der Waals surface area contributed by atoms with Crippen molar-refractivity contribution in [3.8, 4) is 22.8 Å². The van der Waals surface area contributed by atoms with E-state index in [-0.39, 0.29) is 22.5 Å². The van der Waals surface area contributed by atoms with Gasteiger partial charge in [0.15, 0.2) is 11.5 Å². The molecule has 1 saturated heterocycles. The van der Waals surface area contributed by atoms with Gasteiger partial charge < -0.3 is 39.4 Å². The van der Waals surface area contributed by atoms with Crippen LogP contribution >= 0.6 is 0 Å². The normalized spacial score (nSPS) is 26.0. The lowest BCUT2D eigenvalue weighted by Gasteiger charge is -2.38. The molecule has 0 aliphatic carbocycles. The van der Waals surface area contributed by atoms with Crippen LogP contribution in [0.5, 0.6) is 11.5 Å². The van der Waals surface area contributed by atoms with Gasteiger partial charge in [0.05, 0.1) is 0 Å². The number of benzene rings is 2. The van der Waals surface area contributed by atoms with Crippen LogP contribution < -0.4 is 10.2 Å². The SMILES string of the molecule is O=C(O)[C@H]1O[C@@H](Oc2cc(O)c3c(=O)cc(-c4ccccc4)oc3c2)[C@H](O)[C@H](O)[C@H]1O. The minimum atomic E-state index is -1.87. The molecule has 5 N–H and O–H groups in total. The minimum Gasteiger partial charge on any atom is -0.507 e. The van der Waals surface area contributed by atoms with E-state index in [1.165, 1.54) is 12.1 Å². The number of aromatic hydroxyl groups is 1. The summed E-state index contributed by atoms with van der Waals surface area (Å²) in [4.78, 5) is 23.7. The molecule has 3 aromatic rings. The number of phenolic OH excluding ortho intramolecular Hbond substituents is 1. The van der Waals surface area contributed by atoms with Crippen molar-refractivity contribution in [2.45, 2.75) is 30.7 Å². The lowest BCUT2D eigenvalue weighted by Crippen LogP contribution is -2.61. The molecule has 0 spiro atoms. The molecule has 0 unspecified atom stereocenters. The Kier molecular flexibility index (Phi) is 5.38. The zero-order valence-electron chi connectivity index (χ0n) is 15.8. The molecule has 2 aromatic carbocycles. The van der Waals surface area contributed by atoms with Gasteiger partial charge in [-0.1, -0.05) is 30.3 Å². The third-order valence-corrected chi connectivity index (χ3v) is 4.91. The Hall–Kier alpha value is -3.44. The van der Waals surface area contributed by atoms with Crippen molar-refractivity contribution in [1.82, 2.24) is 0 Å². The molecule has 0 saturated carbocycles. The van der Waals surface area contributed by atoms with Crippen molar-refractivity contribution in [2.24, 2.45) is 0 Å². The number of fused-ring (bicyclic) bond motifs is 1.